The highest BCUT2D eigenvalue weighted by molar-refractivity contribution is 7.98. The van der Waals surface area contributed by atoms with Gasteiger partial charge < -0.3 is 38.7 Å². The molecule has 1 aliphatic heterocycles. The number of aliphatic hydroxyl groups excluding tert-OH is 2. The number of nitro benzene ring substituents is 1. The fourth-order valence-electron chi connectivity index (χ4n) is 10.5. The van der Waals surface area contributed by atoms with Gasteiger partial charge in [-0.3, -0.25) is 15.0 Å². The molecule has 0 radical (unpaired) electrons. The zero-order valence-electron chi connectivity index (χ0n) is 41.6. The summed E-state index contributed by atoms with van der Waals surface area (Å²) in [5.41, 5.74) is 4.39. The number of rotatable bonds is 26. The van der Waals surface area contributed by atoms with Crippen LogP contribution in [0.2, 0.25) is 0 Å². The molecule has 1 amide bonds. The molecule has 0 bridgehead atoms. The van der Waals surface area contributed by atoms with Gasteiger partial charge in [-0.2, -0.15) is 0 Å². The van der Waals surface area contributed by atoms with Crippen molar-refractivity contribution >= 4 is 29.3 Å². The van der Waals surface area contributed by atoms with Crippen LogP contribution in [0.4, 0.5) is 14.9 Å². The topological polar surface area (TPSA) is 172 Å². The molecule has 1 heterocycles. The van der Waals surface area contributed by atoms with Gasteiger partial charge in [0.25, 0.3) is 5.69 Å². The van der Waals surface area contributed by atoms with Crippen LogP contribution < -0.4 is 9.47 Å². The molecule has 16 heteroatoms. The van der Waals surface area contributed by atoms with Gasteiger partial charge in [0.05, 0.1) is 36.4 Å². The van der Waals surface area contributed by atoms with E-state index in [0.29, 0.717) is 60.0 Å². The van der Waals surface area contributed by atoms with Crippen molar-refractivity contribution in [3.63, 3.8) is 0 Å². The Morgan fingerprint density at radius 1 is 0.892 bits per heavy atom. The smallest absolute Gasteiger partial charge is 0.410 e. The molecular weight excluding hydrogens is 966 g/mol. The number of nitrogens with zero attached hydrogens (tertiary/aromatic N) is 3. The number of carbonyl (C=O) groups excluding carboxylic acids is 1. The number of ether oxygens (including phenoxy) is 5. The van der Waals surface area contributed by atoms with Gasteiger partial charge in [0.1, 0.15) is 42.3 Å². The Kier molecular flexibility index (Phi) is 18.9. The maximum absolute atomic E-state index is 15.1. The van der Waals surface area contributed by atoms with Gasteiger partial charge in [-0.15, -0.1) is 18.3 Å². The van der Waals surface area contributed by atoms with E-state index in [9.17, 15) is 24.7 Å². The number of allylic oxidation sites excluding steroid dienone is 1. The minimum Gasteiger partial charge on any atom is -0.459 e. The molecule has 3 aliphatic rings. The minimum atomic E-state index is -1.63. The van der Waals surface area contributed by atoms with Crippen LogP contribution in [0.1, 0.15) is 73.1 Å². The van der Waals surface area contributed by atoms with Crippen molar-refractivity contribution in [1.82, 2.24) is 4.90 Å². The lowest BCUT2D eigenvalue weighted by Crippen LogP contribution is -2.70. The first-order valence-corrected chi connectivity index (χ1v) is 26.4. The third kappa shape index (κ3) is 13.0. The number of oxime groups is 1. The van der Waals surface area contributed by atoms with Crippen molar-refractivity contribution in [2.24, 2.45) is 22.9 Å². The standard InChI is InChI=1S/C58H64FN3O11S/c1-3-31-70-58-54(61(37-40-15-19-44(59)20-16-40)57(65)69-33-32-68-38-41-11-5-4-6-12-41)36-52(60-71-39-42-17-21-45(22-18-42)62(66)67)50-34-43(13-7-9-29-63)49(14-8-10-30-64)55(56(50)58)51-35-47(25-28-53(51)73-58)72-46-23-26-48(74-2)27-24-46/h3-6,11-12,15-28,34-35,43,49,54-56,63-64H,1,7-10,13-14,29-33,36-39H2,2H3/t43-,49+,54-,55+,56+,58+/m0/s1. The van der Waals surface area contributed by atoms with Crippen LogP contribution in [0.15, 0.2) is 156 Å². The van der Waals surface area contributed by atoms with E-state index in [4.69, 9.17) is 33.7 Å². The first-order valence-electron chi connectivity index (χ1n) is 25.2. The van der Waals surface area contributed by atoms with E-state index < -0.39 is 34.6 Å². The average molecular weight is 1030 g/mol. The number of thioether (sulfide) groups is 1. The summed E-state index contributed by atoms with van der Waals surface area (Å²) in [6.45, 7) is 4.44. The molecule has 8 rings (SSSR count). The number of hydrogen-bond donors (Lipinski definition) is 2. The van der Waals surface area contributed by atoms with Crippen molar-refractivity contribution in [1.29, 1.82) is 0 Å². The van der Waals surface area contributed by atoms with Crippen molar-refractivity contribution in [2.45, 2.75) is 87.3 Å². The van der Waals surface area contributed by atoms with Crippen LogP contribution in [0.3, 0.4) is 0 Å². The molecule has 390 valence electrons. The average Bonchev–Trinajstić information content (AvgIpc) is 3.42. The fraction of sp³-hybridized carbons (Fsp3) is 0.379. The number of hydrogen-bond acceptors (Lipinski definition) is 13. The Hall–Kier alpha value is -6.56. The maximum Gasteiger partial charge on any atom is 0.410 e. The van der Waals surface area contributed by atoms with Crippen molar-refractivity contribution < 1.29 is 52.8 Å². The summed E-state index contributed by atoms with van der Waals surface area (Å²) in [5.74, 6) is -1.41. The van der Waals surface area contributed by atoms with E-state index in [1.807, 2.05) is 79.1 Å². The molecule has 0 saturated heterocycles. The molecule has 14 nitrogen and oxygen atoms in total. The van der Waals surface area contributed by atoms with E-state index in [-0.39, 0.29) is 76.0 Å². The van der Waals surface area contributed by atoms with Gasteiger partial charge in [0.2, 0.25) is 5.79 Å². The van der Waals surface area contributed by atoms with E-state index >= 15 is 4.79 Å². The summed E-state index contributed by atoms with van der Waals surface area (Å²) >= 11 is 1.64. The Bertz CT molecular complexity index is 2710. The van der Waals surface area contributed by atoms with Crippen molar-refractivity contribution in [2.75, 3.05) is 39.3 Å². The van der Waals surface area contributed by atoms with E-state index in [1.165, 1.54) is 24.3 Å². The highest BCUT2D eigenvalue weighted by atomic mass is 32.2. The zero-order valence-corrected chi connectivity index (χ0v) is 42.4. The molecule has 0 spiro atoms. The summed E-state index contributed by atoms with van der Waals surface area (Å²) in [5, 5.41) is 36.5. The molecule has 0 aromatic heterocycles. The van der Waals surface area contributed by atoms with Gasteiger partial charge in [0, 0.05) is 54.7 Å². The van der Waals surface area contributed by atoms with Gasteiger partial charge in [-0.05, 0) is 133 Å². The second kappa shape index (κ2) is 26.1. The fourth-order valence-corrected chi connectivity index (χ4v) is 10.9. The SMILES string of the molecule is C=CCO[C@@]12Oc3ccc(Oc4ccc(SC)cc4)cc3[C@H]3[C@H](CCCCO)[C@@H](CCCCO)C=C(C(=NOCc4ccc([N+](=O)[O-])cc4)C[C@@H]1N(Cc1ccc(F)cc1)C(=O)OCCOCc1ccccc1)[C@H]32. The number of halogens is 1. The Morgan fingerprint density at radius 2 is 1.59 bits per heavy atom. The lowest BCUT2D eigenvalue weighted by molar-refractivity contribution is -0.384. The predicted octanol–water partition coefficient (Wildman–Crippen LogP) is 11.9. The third-order valence-corrected chi connectivity index (χ3v) is 14.7. The summed E-state index contributed by atoms with van der Waals surface area (Å²) in [6.07, 6.45) is 9.37. The van der Waals surface area contributed by atoms with Crippen molar-refractivity contribution in [3.05, 3.63) is 184 Å². The van der Waals surface area contributed by atoms with Crippen LogP contribution >= 0.6 is 11.8 Å². The lowest BCUT2D eigenvalue weighted by atomic mass is 9.55. The minimum absolute atomic E-state index is 0.0162. The van der Waals surface area contributed by atoms with E-state index in [2.05, 4.69) is 12.7 Å². The molecule has 1 fully saturated rings. The maximum atomic E-state index is 15.1. The van der Waals surface area contributed by atoms with Crippen LogP contribution in [0, 0.1) is 33.7 Å². The Labute approximate surface area is 435 Å². The van der Waals surface area contributed by atoms with Gasteiger partial charge >= 0.3 is 6.09 Å². The normalized spacial score (nSPS) is 21.1. The number of fused-ring (bicyclic) bond motifs is 2. The molecule has 0 unspecified atom stereocenters. The summed E-state index contributed by atoms with van der Waals surface area (Å²) in [4.78, 5) is 35.0. The predicted molar refractivity (Wildman–Crippen MR) is 281 cm³/mol. The highest BCUT2D eigenvalue weighted by Gasteiger charge is 2.65. The Balaban J connectivity index is 1.28. The molecule has 5 aromatic rings. The molecule has 6 atom stereocenters. The lowest BCUT2D eigenvalue weighted by Gasteiger charge is -2.59. The number of aliphatic hydroxyl groups is 2. The van der Waals surface area contributed by atoms with E-state index in [0.717, 1.165) is 40.9 Å². The molecular formula is C58H64FN3O11S. The summed E-state index contributed by atoms with van der Waals surface area (Å²) < 4.78 is 47.7. The number of amides is 1. The highest BCUT2D eigenvalue weighted by Crippen LogP contribution is 2.62. The number of unbranched alkanes of at least 4 members (excludes halogenated alkanes) is 2. The van der Waals surface area contributed by atoms with Gasteiger partial charge in [-0.1, -0.05) is 72.6 Å². The van der Waals surface area contributed by atoms with Crippen LogP contribution in [-0.4, -0.2) is 83.0 Å². The van der Waals surface area contributed by atoms with Gasteiger partial charge in [-0.25, -0.2) is 9.18 Å². The van der Waals surface area contributed by atoms with Crippen LogP contribution in [0.5, 0.6) is 17.2 Å². The largest absolute Gasteiger partial charge is 0.459 e. The van der Waals surface area contributed by atoms with E-state index in [1.54, 1.807) is 47.0 Å². The third-order valence-electron chi connectivity index (χ3n) is 13.9. The molecule has 2 N–H and O–H groups in total. The molecule has 5 aromatic carbocycles. The van der Waals surface area contributed by atoms with Gasteiger partial charge in [0.15, 0.2) is 0 Å². The second-order valence-corrected chi connectivity index (χ2v) is 19.5. The molecule has 1 saturated carbocycles. The number of carbonyl (C=O) groups is 1. The summed E-state index contributed by atoms with van der Waals surface area (Å²) in [7, 11) is 0. The van der Waals surface area contributed by atoms with Crippen LogP contribution in [-0.2, 0) is 38.8 Å². The number of non-ortho nitro benzene ring substituents is 1. The number of nitro groups is 1. The summed E-state index contributed by atoms with van der Waals surface area (Å²) in [6, 6.07) is 34.4. The van der Waals surface area contributed by atoms with Crippen LogP contribution in [0.25, 0.3) is 0 Å². The zero-order chi connectivity index (χ0) is 51.9. The van der Waals surface area contributed by atoms with Crippen molar-refractivity contribution in [3.8, 4) is 17.2 Å². The Morgan fingerprint density at radius 3 is 2.30 bits per heavy atom. The first kappa shape index (κ1) is 53.7. The monoisotopic (exact) mass is 1030 g/mol. The first-order chi connectivity index (χ1) is 36.1. The second-order valence-electron chi connectivity index (χ2n) is 18.7. The molecule has 74 heavy (non-hydrogen) atoms. The quantitative estimate of drug-likeness (QED) is 0.0177. The molecule has 2 aliphatic carbocycles. The number of benzene rings is 5.